The summed E-state index contributed by atoms with van der Waals surface area (Å²) < 4.78 is 68.3. The van der Waals surface area contributed by atoms with Crippen molar-refractivity contribution in [3.05, 3.63) is 194 Å². The van der Waals surface area contributed by atoms with Crippen LogP contribution in [0.25, 0.3) is 0 Å². The predicted molar refractivity (Wildman–Crippen MR) is 426 cm³/mol. The Labute approximate surface area is 627 Å². The number of hydrogen-bond acceptors (Lipinski definition) is 15. The molecule has 3 N–H and O–H groups in total. The number of esters is 4. The molecule has 0 aliphatic carbocycles. The van der Waals surface area contributed by atoms with Crippen LogP contribution >= 0.6 is 15.6 Å². The molecule has 0 saturated carbocycles. The lowest BCUT2D eigenvalue weighted by Crippen LogP contribution is -2.30. The number of phosphoric ester groups is 2. The molecule has 0 aliphatic rings. The van der Waals surface area contributed by atoms with E-state index in [0.717, 1.165) is 180 Å². The molecule has 0 bridgehead atoms. The Morgan fingerprint density at radius 3 is 0.865 bits per heavy atom. The number of aliphatic hydroxyl groups is 1. The molecule has 0 aromatic heterocycles. The van der Waals surface area contributed by atoms with Gasteiger partial charge in [-0.2, -0.15) is 0 Å². The van der Waals surface area contributed by atoms with Gasteiger partial charge in [0, 0.05) is 19.3 Å². The zero-order valence-electron chi connectivity index (χ0n) is 63.9. The molecule has 0 rings (SSSR count). The van der Waals surface area contributed by atoms with E-state index in [9.17, 15) is 43.2 Å². The molecule has 5 atom stereocenters. The third-order valence-corrected chi connectivity index (χ3v) is 17.0. The quantitative estimate of drug-likeness (QED) is 0.0169. The summed E-state index contributed by atoms with van der Waals surface area (Å²) in [6, 6.07) is 0. The Balaban J connectivity index is 5.50. The number of hydrogen-bond donors (Lipinski definition) is 3. The first-order chi connectivity index (χ1) is 50.7. The van der Waals surface area contributed by atoms with Crippen molar-refractivity contribution >= 4 is 39.5 Å². The van der Waals surface area contributed by atoms with Crippen molar-refractivity contribution in [1.29, 1.82) is 0 Å². The molecule has 0 radical (unpaired) electrons. The summed E-state index contributed by atoms with van der Waals surface area (Å²) >= 11 is 0. The van der Waals surface area contributed by atoms with Gasteiger partial charge in [-0.3, -0.25) is 37.3 Å². The first-order valence-corrected chi connectivity index (χ1v) is 41.7. The molecule has 104 heavy (non-hydrogen) atoms. The minimum absolute atomic E-state index is 0.0621. The van der Waals surface area contributed by atoms with Crippen LogP contribution in [-0.2, 0) is 65.4 Å². The summed E-state index contributed by atoms with van der Waals surface area (Å²) in [5, 5.41) is 10.6. The zero-order valence-corrected chi connectivity index (χ0v) is 65.6. The van der Waals surface area contributed by atoms with E-state index in [1.165, 1.54) is 0 Å². The van der Waals surface area contributed by atoms with Crippen LogP contribution < -0.4 is 0 Å². The van der Waals surface area contributed by atoms with E-state index >= 15 is 0 Å². The average Bonchev–Trinajstić information content (AvgIpc) is 0.911. The first kappa shape index (κ1) is 97.9. The van der Waals surface area contributed by atoms with Gasteiger partial charge in [-0.1, -0.05) is 267 Å². The van der Waals surface area contributed by atoms with Crippen LogP contribution in [0.5, 0.6) is 0 Å². The second-order valence-electron chi connectivity index (χ2n) is 24.8. The van der Waals surface area contributed by atoms with Crippen LogP contribution in [0.15, 0.2) is 194 Å². The highest BCUT2D eigenvalue weighted by atomic mass is 31.2. The van der Waals surface area contributed by atoms with Crippen LogP contribution in [0.3, 0.4) is 0 Å². The molecule has 0 aliphatic heterocycles. The van der Waals surface area contributed by atoms with Crippen molar-refractivity contribution in [2.75, 3.05) is 39.6 Å². The van der Waals surface area contributed by atoms with E-state index in [2.05, 4.69) is 198 Å². The van der Waals surface area contributed by atoms with E-state index < -0.39 is 97.5 Å². The third kappa shape index (κ3) is 74.2. The summed E-state index contributed by atoms with van der Waals surface area (Å²) in [4.78, 5) is 72.9. The molecule has 0 fully saturated rings. The fourth-order valence-corrected chi connectivity index (χ4v) is 10.9. The van der Waals surface area contributed by atoms with Crippen LogP contribution in [0.1, 0.15) is 259 Å². The number of carbonyl (C=O) groups is 4. The largest absolute Gasteiger partial charge is 0.472 e. The predicted octanol–water partition coefficient (Wildman–Crippen LogP) is 22.5. The first-order valence-electron chi connectivity index (χ1n) is 38.7. The highest BCUT2D eigenvalue weighted by Gasteiger charge is 2.30. The fourth-order valence-electron chi connectivity index (χ4n) is 9.29. The molecule has 0 saturated heterocycles. The smallest absolute Gasteiger partial charge is 0.462 e. The van der Waals surface area contributed by atoms with Gasteiger partial charge in [-0.05, 0) is 161 Å². The number of phosphoric acid groups is 2. The highest BCUT2D eigenvalue weighted by molar-refractivity contribution is 7.47. The van der Waals surface area contributed by atoms with Gasteiger partial charge in [0.25, 0.3) is 0 Å². The minimum Gasteiger partial charge on any atom is -0.462 e. The van der Waals surface area contributed by atoms with Gasteiger partial charge >= 0.3 is 39.5 Å². The molecular formula is C85H134O17P2. The minimum atomic E-state index is -5.02. The maximum absolute atomic E-state index is 13.1. The number of carbonyl (C=O) groups excluding carboxylic acids is 4. The summed E-state index contributed by atoms with van der Waals surface area (Å²) in [5.74, 6) is -2.43. The number of rotatable bonds is 70. The van der Waals surface area contributed by atoms with E-state index in [-0.39, 0.29) is 25.7 Å². The van der Waals surface area contributed by atoms with Crippen molar-refractivity contribution < 1.29 is 80.2 Å². The Morgan fingerprint density at radius 2 is 0.538 bits per heavy atom. The van der Waals surface area contributed by atoms with Gasteiger partial charge in [0.2, 0.25) is 0 Å². The van der Waals surface area contributed by atoms with Crippen LogP contribution in [-0.4, -0.2) is 96.7 Å². The van der Waals surface area contributed by atoms with Gasteiger partial charge < -0.3 is 33.8 Å². The summed E-state index contributed by atoms with van der Waals surface area (Å²) in [6.45, 7) is 4.23. The standard InChI is InChI=1S/C85H134O17P2/c1-5-9-13-17-21-25-29-33-36-38-39-41-44-47-50-54-58-62-66-70-83(88)96-76-81(102-85(90)72-68-64-60-56-52-48-42-35-31-27-23-19-15-11-7-3)78-100-104(93,94)98-74-79(86)73-97-103(91,92)99-77-80(101-84(89)71-67-63-59-55-51-45-32-28-24-20-16-12-8-4)75-95-82(87)69-65-61-57-53-49-46-43-40-37-34-30-26-22-18-14-10-6-2/h9-11,13-16,20-23,25-28,32-37,39,41-43,46-47,50,52,56,64,68,79-81,86H,5-8,12,17-19,24,29-31,38,40,44-45,48-49,51,53-55,57-63,65-67,69-78H2,1-4H3,(H,91,92)(H,93,94)/b13-9-,14-10-,15-11-,20-16-,25-21-,26-22-,27-23-,32-28-,36-33-,37-34-,41-39-,42-35-,46-43-,50-47-,56-52-,68-64-. The molecule has 0 spiro atoms. The Hall–Kier alpha value is -6.10. The molecule has 0 heterocycles. The van der Waals surface area contributed by atoms with Crippen molar-refractivity contribution in [2.24, 2.45) is 0 Å². The van der Waals surface area contributed by atoms with Crippen molar-refractivity contribution in [2.45, 2.75) is 277 Å². The van der Waals surface area contributed by atoms with Crippen LogP contribution in [0.2, 0.25) is 0 Å². The van der Waals surface area contributed by atoms with Crippen molar-refractivity contribution in [3.8, 4) is 0 Å². The van der Waals surface area contributed by atoms with E-state index in [1.54, 1.807) is 12.2 Å². The molecule has 19 heteroatoms. The van der Waals surface area contributed by atoms with Gasteiger partial charge in [0.05, 0.1) is 32.8 Å². The van der Waals surface area contributed by atoms with Crippen LogP contribution in [0, 0.1) is 0 Å². The number of ether oxygens (including phenoxy) is 4. The topological polar surface area (TPSA) is 237 Å². The molecule has 17 nitrogen and oxygen atoms in total. The monoisotopic (exact) mass is 1490 g/mol. The van der Waals surface area contributed by atoms with E-state index in [4.69, 9.17) is 37.0 Å². The van der Waals surface area contributed by atoms with Gasteiger partial charge in [0.1, 0.15) is 19.3 Å². The SMILES string of the molecule is CC/C=C\C/C=C\C/C=C\C/C=C\C/C=C\CCCCCC(=O)OCC(COP(=O)(O)OCC(O)COP(=O)(O)OCC(COC(=O)CCCCCC/C=C\C/C=C\C/C=C\C/C=C\CC)OC(=O)CCCCCCC/C=C\C/C=C\CCC)OC(=O)C/C=C\C/C=C\C/C=C\C/C=C\C/C=C\CC. The zero-order chi connectivity index (χ0) is 76.0. The summed E-state index contributed by atoms with van der Waals surface area (Å²) in [6.07, 6.45) is 91.7. The molecule has 0 amide bonds. The number of aliphatic hydroxyl groups excluding tert-OH is 1. The van der Waals surface area contributed by atoms with Crippen molar-refractivity contribution in [1.82, 2.24) is 0 Å². The van der Waals surface area contributed by atoms with Gasteiger partial charge in [0.15, 0.2) is 12.2 Å². The van der Waals surface area contributed by atoms with Crippen molar-refractivity contribution in [3.63, 3.8) is 0 Å². The second kappa shape index (κ2) is 75.1. The van der Waals surface area contributed by atoms with E-state index in [0.29, 0.717) is 25.7 Å². The summed E-state index contributed by atoms with van der Waals surface area (Å²) in [7, 11) is -10.0. The second-order valence-corrected chi connectivity index (χ2v) is 27.7. The number of unbranched alkanes of at least 4 members (excludes halogenated alkanes) is 13. The van der Waals surface area contributed by atoms with Gasteiger partial charge in [-0.25, -0.2) is 9.13 Å². The van der Waals surface area contributed by atoms with Crippen LogP contribution in [0.4, 0.5) is 0 Å². The third-order valence-electron chi connectivity index (χ3n) is 15.0. The molecule has 0 aromatic rings. The fraction of sp³-hybridized carbons (Fsp3) is 0.576. The Kier molecular flexibility index (Phi) is 70.7. The maximum Gasteiger partial charge on any atom is 0.472 e. The lowest BCUT2D eigenvalue weighted by atomic mass is 10.1. The maximum atomic E-state index is 13.1. The number of allylic oxidation sites excluding steroid dienone is 31. The normalized spacial score (nSPS) is 15.0. The highest BCUT2D eigenvalue weighted by Crippen LogP contribution is 2.45. The molecular weight excluding hydrogens is 1350 g/mol. The lowest BCUT2D eigenvalue weighted by molar-refractivity contribution is -0.161. The molecule has 5 unspecified atom stereocenters. The van der Waals surface area contributed by atoms with Gasteiger partial charge in [-0.15, -0.1) is 0 Å². The van der Waals surface area contributed by atoms with E-state index in [1.807, 2.05) is 12.2 Å². The summed E-state index contributed by atoms with van der Waals surface area (Å²) in [5.41, 5.74) is 0. The molecule has 0 aromatic carbocycles. The Morgan fingerprint density at radius 1 is 0.288 bits per heavy atom. The Bertz CT molecular complexity index is 2740. The average molecular weight is 1490 g/mol. The molecule has 586 valence electrons. The lowest BCUT2D eigenvalue weighted by Gasteiger charge is -2.21.